The molecule has 26 heavy (non-hydrogen) atoms. The second kappa shape index (κ2) is 6.25. The highest BCUT2D eigenvalue weighted by molar-refractivity contribution is 5.94. The van der Waals surface area contributed by atoms with Crippen LogP contribution in [0.25, 0.3) is 11.1 Å². The Morgan fingerprint density at radius 2 is 2.12 bits per heavy atom. The summed E-state index contributed by atoms with van der Waals surface area (Å²) >= 11 is 0. The summed E-state index contributed by atoms with van der Waals surface area (Å²) < 4.78 is 17.5. The Bertz CT molecular complexity index is 1050. The number of rotatable bonds is 3. The van der Waals surface area contributed by atoms with Crippen LogP contribution in [0.5, 0.6) is 11.5 Å². The number of hydrogen-bond donors (Lipinski definition) is 1. The Hall–Kier alpha value is -3.22. The molecule has 0 saturated carbocycles. The number of methoxy groups -OCH3 is 1. The van der Waals surface area contributed by atoms with E-state index in [1.165, 1.54) is 4.57 Å². The van der Waals surface area contributed by atoms with Crippen LogP contribution in [0.15, 0.2) is 45.6 Å². The number of oxazole rings is 1. The Balaban J connectivity index is 1.50. The summed E-state index contributed by atoms with van der Waals surface area (Å²) in [7, 11) is 3.24. The van der Waals surface area contributed by atoms with Crippen LogP contribution < -0.4 is 20.5 Å². The highest BCUT2D eigenvalue weighted by Crippen LogP contribution is 2.31. The summed E-state index contributed by atoms with van der Waals surface area (Å²) in [5.74, 6) is 0.611. The van der Waals surface area contributed by atoms with Crippen molar-refractivity contribution in [3.8, 4) is 11.5 Å². The number of anilines is 1. The molecule has 0 bridgehead atoms. The van der Waals surface area contributed by atoms with Gasteiger partial charge in [-0.15, -0.1) is 0 Å². The van der Waals surface area contributed by atoms with Crippen molar-refractivity contribution in [2.24, 2.45) is 13.0 Å². The lowest BCUT2D eigenvalue weighted by atomic mass is 9.96. The normalized spacial score (nSPS) is 16.0. The van der Waals surface area contributed by atoms with Gasteiger partial charge in [0.2, 0.25) is 5.91 Å². The molecule has 0 saturated heterocycles. The molecule has 0 fully saturated rings. The fraction of sp³-hybridized carbons (Fsp3) is 0.263. The van der Waals surface area contributed by atoms with Gasteiger partial charge in [-0.25, -0.2) is 4.79 Å². The first-order chi connectivity index (χ1) is 12.5. The van der Waals surface area contributed by atoms with Gasteiger partial charge < -0.3 is 19.2 Å². The van der Waals surface area contributed by atoms with E-state index < -0.39 is 5.76 Å². The van der Waals surface area contributed by atoms with Crippen molar-refractivity contribution in [1.29, 1.82) is 0 Å². The molecule has 1 unspecified atom stereocenters. The van der Waals surface area contributed by atoms with E-state index in [0.29, 0.717) is 29.8 Å². The number of carbonyl (C=O) groups excluding carboxylic acids is 1. The number of nitrogens with zero attached hydrogens (tertiary/aromatic N) is 1. The maximum atomic E-state index is 12.6. The maximum Gasteiger partial charge on any atom is 0.419 e. The number of nitrogens with one attached hydrogen (secondary N) is 1. The number of aromatic nitrogens is 1. The average molecular weight is 354 g/mol. The van der Waals surface area contributed by atoms with Crippen molar-refractivity contribution < 1.29 is 18.7 Å². The highest BCUT2D eigenvalue weighted by Gasteiger charge is 2.26. The molecule has 4 rings (SSSR count). The molecule has 134 valence electrons. The third-order valence-electron chi connectivity index (χ3n) is 4.61. The minimum absolute atomic E-state index is 0.135. The molecule has 7 nitrogen and oxygen atoms in total. The number of aryl methyl sites for hydroxylation is 1. The summed E-state index contributed by atoms with van der Waals surface area (Å²) in [6.45, 7) is 0.300. The summed E-state index contributed by atoms with van der Waals surface area (Å²) in [5, 5.41) is 2.87. The summed E-state index contributed by atoms with van der Waals surface area (Å²) in [6, 6.07) is 10.7. The van der Waals surface area contributed by atoms with Crippen LogP contribution in [-0.2, 0) is 18.3 Å². The zero-order valence-corrected chi connectivity index (χ0v) is 14.4. The highest BCUT2D eigenvalue weighted by atomic mass is 16.5. The van der Waals surface area contributed by atoms with Crippen molar-refractivity contribution in [1.82, 2.24) is 4.57 Å². The molecule has 2 heterocycles. The molecule has 3 aromatic rings. The molecule has 1 N–H and O–H groups in total. The van der Waals surface area contributed by atoms with E-state index in [1.54, 1.807) is 32.4 Å². The molecule has 1 aromatic heterocycles. The Kier molecular flexibility index (Phi) is 3.91. The smallest absolute Gasteiger partial charge is 0.419 e. The molecule has 1 aliphatic heterocycles. The van der Waals surface area contributed by atoms with Crippen molar-refractivity contribution in [2.45, 2.75) is 6.42 Å². The number of benzene rings is 2. The third kappa shape index (κ3) is 2.81. The zero-order chi connectivity index (χ0) is 18.3. The van der Waals surface area contributed by atoms with E-state index in [4.69, 9.17) is 13.9 Å². The minimum Gasteiger partial charge on any atom is -0.497 e. The van der Waals surface area contributed by atoms with Gasteiger partial charge in [-0.05, 0) is 30.2 Å². The first-order valence-electron chi connectivity index (χ1n) is 8.25. The molecular formula is C19H18N2O5. The molecule has 7 heteroatoms. The molecule has 1 amide bonds. The largest absolute Gasteiger partial charge is 0.497 e. The third-order valence-corrected chi connectivity index (χ3v) is 4.61. The quantitative estimate of drug-likeness (QED) is 0.781. The minimum atomic E-state index is -0.434. The number of hydrogen-bond acceptors (Lipinski definition) is 5. The van der Waals surface area contributed by atoms with Crippen LogP contribution in [0.3, 0.4) is 0 Å². The monoisotopic (exact) mass is 354 g/mol. The number of amides is 1. The van der Waals surface area contributed by atoms with Gasteiger partial charge in [0.15, 0.2) is 5.58 Å². The molecule has 1 atom stereocenters. The lowest BCUT2D eigenvalue weighted by molar-refractivity contribution is -0.121. The fourth-order valence-electron chi connectivity index (χ4n) is 3.10. The van der Waals surface area contributed by atoms with Gasteiger partial charge in [-0.3, -0.25) is 9.36 Å². The van der Waals surface area contributed by atoms with Gasteiger partial charge >= 0.3 is 5.76 Å². The molecule has 1 aliphatic rings. The lowest BCUT2D eigenvalue weighted by Gasteiger charge is -2.25. The number of ether oxygens (including phenoxy) is 2. The average Bonchev–Trinajstić information content (AvgIpc) is 2.94. The van der Waals surface area contributed by atoms with Crippen LogP contribution in [0.1, 0.15) is 5.56 Å². The molecule has 0 radical (unpaired) electrons. The van der Waals surface area contributed by atoms with Gasteiger partial charge in [0.1, 0.15) is 18.1 Å². The van der Waals surface area contributed by atoms with Crippen molar-refractivity contribution in [3.63, 3.8) is 0 Å². The number of carbonyl (C=O) groups is 1. The fourth-order valence-corrected chi connectivity index (χ4v) is 3.10. The van der Waals surface area contributed by atoms with Crippen LogP contribution >= 0.6 is 0 Å². The van der Waals surface area contributed by atoms with Gasteiger partial charge in [0.05, 0.1) is 18.5 Å². The van der Waals surface area contributed by atoms with Gasteiger partial charge in [-0.1, -0.05) is 6.07 Å². The molecule has 0 spiro atoms. The Labute approximate surface area is 149 Å². The van der Waals surface area contributed by atoms with E-state index in [0.717, 1.165) is 17.1 Å². The van der Waals surface area contributed by atoms with E-state index in [2.05, 4.69) is 5.32 Å². The summed E-state index contributed by atoms with van der Waals surface area (Å²) in [5.41, 5.74) is 2.67. The van der Waals surface area contributed by atoms with Crippen molar-refractivity contribution in [3.05, 3.63) is 52.5 Å². The second-order valence-corrected chi connectivity index (χ2v) is 6.28. The van der Waals surface area contributed by atoms with Crippen LogP contribution in [0.2, 0.25) is 0 Å². The lowest BCUT2D eigenvalue weighted by Crippen LogP contribution is -2.32. The van der Waals surface area contributed by atoms with E-state index in [1.807, 2.05) is 18.2 Å². The van der Waals surface area contributed by atoms with Crippen molar-refractivity contribution in [2.75, 3.05) is 19.0 Å². The topological polar surface area (TPSA) is 82.7 Å². The Morgan fingerprint density at radius 1 is 1.27 bits per heavy atom. The molecule has 0 aliphatic carbocycles. The van der Waals surface area contributed by atoms with Crippen molar-refractivity contribution >= 4 is 22.7 Å². The van der Waals surface area contributed by atoms with Crippen LogP contribution in [0.4, 0.5) is 5.69 Å². The first-order valence-corrected chi connectivity index (χ1v) is 8.25. The van der Waals surface area contributed by atoms with Crippen LogP contribution in [0, 0.1) is 5.92 Å². The molecular weight excluding hydrogens is 336 g/mol. The van der Waals surface area contributed by atoms with E-state index >= 15 is 0 Å². The number of fused-ring (bicyclic) bond motifs is 2. The van der Waals surface area contributed by atoms with E-state index in [9.17, 15) is 9.59 Å². The second-order valence-electron chi connectivity index (χ2n) is 6.28. The predicted octanol–water partition coefficient (Wildman–Crippen LogP) is 2.33. The SMILES string of the molecule is COc1ccc2c(c1)OCC(C(=O)Nc1ccc3c(c1)oc(=O)n3C)C2. The first kappa shape index (κ1) is 16.3. The Morgan fingerprint density at radius 3 is 2.92 bits per heavy atom. The maximum absolute atomic E-state index is 12.6. The standard InChI is InChI=1S/C19H18N2O5/c1-21-15-6-4-13(8-17(15)26-19(21)23)20-18(22)12-7-11-3-5-14(24-2)9-16(11)25-10-12/h3-6,8-9,12H,7,10H2,1-2H3,(H,20,22). The van der Waals surface area contributed by atoms with E-state index in [-0.39, 0.29) is 11.8 Å². The van der Waals surface area contributed by atoms with Crippen LogP contribution in [-0.4, -0.2) is 24.2 Å². The zero-order valence-electron chi connectivity index (χ0n) is 14.4. The predicted molar refractivity (Wildman–Crippen MR) is 95.8 cm³/mol. The van der Waals surface area contributed by atoms with Gasteiger partial charge in [0.25, 0.3) is 0 Å². The summed E-state index contributed by atoms with van der Waals surface area (Å²) in [6.07, 6.45) is 0.591. The summed E-state index contributed by atoms with van der Waals surface area (Å²) in [4.78, 5) is 24.2. The van der Waals surface area contributed by atoms with Gasteiger partial charge in [-0.2, -0.15) is 0 Å². The molecule has 2 aromatic carbocycles. The van der Waals surface area contributed by atoms with Gasteiger partial charge in [0, 0.05) is 24.9 Å².